The van der Waals surface area contributed by atoms with E-state index in [0.29, 0.717) is 38.0 Å². The lowest BCUT2D eigenvalue weighted by molar-refractivity contribution is 0.0904. The Morgan fingerprint density at radius 2 is 1.62 bits per heavy atom. The largest absolute Gasteiger partial charge is 0.454 e. The third-order valence-corrected chi connectivity index (χ3v) is 8.74. The molecule has 0 aliphatic carbocycles. The van der Waals surface area contributed by atoms with E-state index >= 15 is 0 Å². The van der Waals surface area contributed by atoms with E-state index in [2.05, 4.69) is 4.90 Å². The molecule has 198 valence electrons. The van der Waals surface area contributed by atoms with Gasteiger partial charge in [0.2, 0.25) is 0 Å². The van der Waals surface area contributed by atoms with Gasteiger partial charge in [-0.3, -0.25) is 4.31 Å². The first kappa shape index (κ1) is 27.6. The van der Waals surface area contributed by atoms with Crippen molar-refractivity contribution < 1.29 is 27.0 Å². The smallest absolute Gasteiger partial charge is 0.268 e. The predicted molar refractivity (Wildman–Crippen MR) is 140 cm³/mol. The van der Waals surface area contributed by atoms with Gasteiger partial charge in [-0.2, -0.15) is 0 Å². The Kier molecular flexibility index (Phi) is 8.30. The highest BCUT2D eigenvalue weighted by Crippen LogP contribution is 2.44. The Morgan fingerprint density at radius 3 is 2.32 bits per heavy atom. The van der Waals surface area contributed by atoms with Gasteiger partial charge < -0.3 is 14.7 Å². The minimum Gasteiger partial charge on any atom is -0.454 e. The summed E-state index contributed by atoms with van der Waals surface area (Å²) in [6.07, 6.45) is 0.632. The highest BCUT2D eigenvalue weighted by Gasteiger charge is 2.36. The van der Waals surface area contributed by atoms with E-state index in [0.717, 1.165) is 0 Å². The molecule has 0 amide bonds. The zero-order valence-electron chi connectivity index (χ0n) is 19.7. The van der Waals surface area contributed by atoms with Crippen LogP contribution in [0.2, 0.25) is 5.02 Å². The molecule has 2 heterocycles. The summed E-state index contributed by atoms with van der Waals surface area (Å²) in [5.74, 6) is -0.519. The Balaban J connectivity index is 0.00000320. The van der Waals surface area contributed by atoms with Gasteiger partial charge in [-0.05, 0) is 79.9 Å². The number of halogens is 4. The Bertz CT molecular complexity index is 1370. The molecule has 0 bridgehead atoms. The van der Waals surface area contributed by atoms with E-state index < -0.39 is 21.9 Å². The van der Waals surface area contributed by atoms with Gasteiger partial charge in [-0.25, -0.2) is 17.2 Å². The van der Waals surface area contributed by atoms with Crippen LogP contribution in [0.5, 0.6) is 11.5 Å². The van der Waals surface area contributed by atoms with Gasteiger partial charge in [0.05, 0.1) is 11.8 Å². The van der Waals surface area contributed by atoms with Crippen LogP contribution in [-0.4, -0.2) is 44.6 Å². The summed E-state index contributed by atoms with van der Waals surface area (Å²) in [6, 6.07) is 14.0. The average molecular weight is 571 g/mol. The Hall–Kier alpha value is -2.43. The zero-order chi connectivity index (χ0) is 25.4. The van der Waals surface area contributed by atoms with Crippen LogP contribution in [-0.2, 0) is 10.0 Å². The van der Waals surface area contributed by atoms with Crippen LogP contribution in [0.3, 0.4) is 0 Å². The van der Waals surface area contributed by atoms with Crippen molar-refractivity contribution in [2.45, 2.75) is 23.8 Å². The number of hydrogen-bond acceptors (Lipinski definition) is 5. The number of fused-ring (bicyclic) bond motifs is 2. The number of nitrogens with zero attached hydrogens (tertiary/aromatic N) is 2. The van der Waals surface area contributed by atoms with Crippen LogP contribution < -0.4 is 9.04 Å². The standard InChI is InChI=1S/C26H25ClF2N2O4S.ClH/c27-19-3-7-25-26(13-19)36(33,34)31(22-14-21(29)6-8-24(22)35-25)15-17-9-11-30(12-10-17)16-23(32)18-1-4-20(28)5-2-18;/h1-8,13-14,17,23,32H,9-12,15-16H2;1H/t23-;/m0./s1. The molecule has 0 saturated carbocycles. The van der Waals surface area contributed by atoms with Crippen molar-refractivity contribution in [2.75, 3.05) is 30.5 Å². The molecule has 1 N–H and O–H groups in total. The SMILES string of the molecule is Cl.O=S1(=O)c2cc(Cl)ccc2Oc2ccc(F)cc2N1CC1CCN(C[C@H](O)c2ccc(F)cc2)CC1. The molecule has 37 heavy (non-hydrogen) atoms. The molecule has 1 atom stereocenters. The summed E-state index contributed by atoms with van der Waals surface area (Å²) in [5, 5.41) is 10.8. The minimum atomic E-state index is -4.07. The van der Waals surface area contributed by atoms with E-state index in [1.165, 1.54) is 46.8 Å². The predicted octanol–water partition coefficient (Wildman–Crippen LogP) is 5.79. The molecule has 1 saturated heterocycles. The number of sulfonamides is 1. The van der Waals surface area contributed by atoms with Gasteiger partial charge in [0.15, 0.2) is 5.75 Å². The van der Waals surface area contributed by atoms with E-state index in [9.17, 15) is 22.3 Å². The van der Waals surface area contributed by atoms with Gasteiger partial charge in [0.25, 0.3) is 10.0 Å². The van der Waals surface area contributed by atoms with Gasteiger partial charge in [-0.1, -0.05) is 23.7 Å². The zero-order valence-corrected chi connectivity index (χ0v) is 22.1. The van der Waals surface area contributed by atoms with Crippen LogP contribution in [0.25, 0.3) is 0 Å². The maximum absolute atomic E-state index is 14.2. The fourth-order valence-electron chi connectivity index (χ4n) is 4.72. The van der Waals surface area contributed by atoms with Crippen molar-refractivity contribution >= 4 is 39.7 Å². The summed E-state index contributed by atoms with van der Waals surface area (Å²) in [5.41, 5.74) is 0.793. The molecule has 2 aliphatic heterocycles. The second-order valence-corrected chi connectivity index (χ2v) is 11.4. The summed E-state index contributed by atoms with van der Waals surface area (Å²) in [7, 11) is -4.07. The number of aliphatic hydroxyl groups excluding tert-OH is 1. The van der Waals surface area contributed by atoms with E-state index in [1.807, 2.05) is 0 Å². The van der Waals surface area contributed by atoms with E-state index in [-0.39, 0.29) is 57.8 Å². The molecule has 6 nitrogen and oxygen atoms in total. The Labute approximate surface area is 225 Å². The third-order valence-electron chi connectivity index (χ3n) is 6.70. The molecule has 1 fully saturated rings. The van der Waals surface area contributed by atoms with E-state index in [4.69, 9.17) is 16.3 Å². The number of benzene rings is 3. The summed E-state index contributed by atoms with van der Waals surface area (Å²) in [4.78, 5) is 2.04. The number of piperidine rings is 1. The number of likely N-dealkylation sites (tertiary alicyclic amines) is 1. The molecule has 2 aliphatic rings. The van der Waals surface area contributed by atoms with Gasteiger partial charge in [0.1, 0.15) is 22.3 Å². The van der Waals surface area contributed by atoms with Crippen LogP contribution >= 0.6 is 24.0 Å². The van der Waals surface area contributed by atoms with Crippen molar-refractivity contribution in [3.05, 3.63) is 82.9 Å². The highest BCUT2D eigenvalue weighted by molar-refractivity contribution is 7.93. The van der Waals surface area contributed by atoms with Crippen molar-refractivity contribution in [3.63, 3.8) is 0 Å². The third kappa shape index (κ3) is 5.86. The van der Waals surface area contributed by atoms with Crippen LogP contribution in [0, 0.1) is 17.6 Å². The first-order valence-corrected chi connectivity index (χ1v) is 13.5. The second-order valence-electron chi connectivity index (χ2n) is 9.15. The molecule has 0 aromatic heterocycles. The van der Waals surface area contributed by atoms with Crippen molar-refractivity contribution in [1.82, 2.24) is 4.90 Å². The van der Waals surface area contributed by atoms with Gasteiger partial charge in [-0.15, -0.1) is 12.4 Å². The number of ether oxygens (including phenoxy) is 1. The maximum Gasteiger partial charge on any atom is 0.268 e. The monoisotopic (exact) mass is 570 g/mol. The molecule has 0 radical (unpaired) electrons. The fraction of sp³-hybridized carbons (Fsp3) is 0.308. The number of rotatable bonds is 5. The lowest BCUT2D eigenvalue weighted by Crippen LogP contribution is -2.42. The number of anilines is 1. The first-order valence-electron chi connectivity index (χ1n) is 11.7. The first-order chi connectivity index (χ1) is 17.2. The normalized spacial score (nSPS) is 18.1. The molecular weight excluding hydrogens is 545 g/mol. The summed E-state index contributed by atoms with van der Waals surface area (Å²) < 4.78 is 61.9. The lowest BCUT2D eigenvalue weighted by Gasteiger charge is -2.35. The topological polar surface area (TPSA) is 70.1 Å². The molecule has 3 aromatic carbocycles. The summed E-state index contributed by atoms with van der Waals surface area (Å²) >= 11 is 6.10. The van der Waals surface area contributed by atoms with Gasteiger partial charge in [0, 0.05) is 24.2 Å². The fourth-order valence-corrected chi connectivity index (χ4v) is 6.65. The highest BCUT2D eigenvalue weighted by atomic mass is 35.5. The molecule has 11 heteroatoms. The quantitative estimate of drug-likeness (QED) is 0.420. The van der Waals surface area contributed by atoms with Crippen LogP contribution in [0.4, 0.5) is 14.5 Å². The maximum atomic E-state index is 14.2. The molecule has 0 unspecified atom stereocenters. The van der Waals surface area contributed by atoms with Crippen LogP contribution in [0.1, 0.15) is 24.5 Å². The van der Waals surface area contributed by atoms with Gasteiger partial charge >= 0.3 is 0 Å². The van der Waals surface area contributed by atoms with Crippen molar-refractivity contribution in [3.8, 4) is 11.5 Å². The molecule has 5 rings (SSSR count). The average Bonchev–Trinajstić information content (AvgIpc) is 2.93. The minimum absolute atomic E-state index is 0. The lowest BCUT2D eigenvalue weighted by atomic mass is 9.96. The van der Waals surface area contributed by atoms with Crippen LogP contribution in [0.15, 0.2) is 65.6 Å². The molecule has 0 spiro atoms. The van der Waals surface area contributed by atoms with Crippen molar-refractivity contribution in [1.29, 1.82) is 0 Å². The number of aliphatic hydroxyl groups is 1. The Morgan fingerprint density at radius 1 is 0.973 bits per heavy atom. The summed E-state index contributed by atoms with van der Waals surface area (Å²) in [6.45, 7) is 1.87. The van der Waals surface area contributed by atoms with E-state index in [1.54, 1.807) is 18.2 Å². The second kappa shape index (κ2) is 11.1. The molecule has 3 aromatic rings. The van der Waals surface area contributed by atoms with Crippen molar-refractivity contribution in [2.24, 2.45) is 5.92 Å². The number of β-amino-alcohol motifs (C(OH)–C–C–N with tert-alkyl or cyclic N) is 1. The number of hydrogen-bond donors (Lipinski definition) is 1. The molecular formula is C26H26Cl2F2N2O4S.